The maximum absolute atomic E-state index is 10.8. The molecule has 0 aromatic heterocycles. The Morgan fingerprint density at radius 3 is 2.67 bits per heavy atom. The van der Waals surface area contributed by atoms with Gasteiger partial charge in [-0.25, -0.2) is 0 Å². The van der Waals surface area contributed by atoms with Gasteiger partial charge in [-0.3, -0.25) is 4.79 Å². The lowest BCUT2D eigenvalue weighted by Gasteiger charge is -2.05. The summed E-state index contributed by atoms with van der Waals surface area (Å²) in [5.41, 5.74) is 0. The molecule has 0 aliphatic rings. The van der Waals surface area contributed by atoms with Gasteiger partial charge in [0.2, 0.25) is 0 Å². The Kier molecular flexibility index (Phi) is 4.19. The van der Waals surface area contributed by atoms with E-state index >= 15 is 0 Å². The summed E-state index contributed by atoms with van der Waals surface area (Å²) in [6.45, 7) is 4.18. The topological polar surface area (TPSA) is 26.3 Å². The fourth-order valence-corrected chi connectivity index (χ4v) is 0.451. The van der Waals surface area contributed by atoms with E-state index in [1.165, 1.54) is 0 Å². The smallest absolute Gasteiger partial charge is 0.307 e. The first-order chi connectivity index (χ1) is 4.22. The highest BCUT2D eigenvalue weighted by atomic mass is 16.5. The van der Waals surface area contributed by atoms with Gasteiger partial charge < -0.3 is 4.74 Å². The predicted octanol–water partition coefficient (Wildman–Crippen LogP) is 0.237. The van der Waals surface area contributed by atoms with Crippen LogP contribution in [0.1, 0.15) is 13.8 Å². The van der Waals surface area contributed by atoms with Gasteiger partial charge in [-0.2, -0.15) is 0 Å². The van der Waals surface area contributed by atoms with Crippen molar-refractivity contribution in [3.8, 4) is 0 Å². The third kappa shape index (κ3) is 3.17. The van der Waals surface area contributed by atoms with E-state index in [0.717, 1.165) is 6.32 Å². The minimum Gasteiger partial charge on any atom is -0.466 e. The monoisotopic (exact) mass is 128 g/mol. The molecule has 0 amide bonds. The van der Waals surface area contributed by atoms with Crippen molar-refractivity contribution >= 4 is 13.8 Å². The molecule has 9 heavy (non-hydrogen) atoms. The molecule has 0 aromatic carbocycles. The van der Waals surface area contributed by atoms with Crippen LogP contribution in [0, 0.1) is 5.92 Å². The number of hydrogen-bond acceptors (Lipinski definition) is 2. The molecule has 0 saturated carbocycles. The zero-order chi connectivity index (χ0) is 7.28. The second kappa shape index (κ2) is 4.42. The van der Waals surface area contributed by atoms with Crippen LogP contribution in [0.3, 0.4) is 0 Å². The number of rotatable bonds is 3. The molecular formula is C6H13BO2. The molecule has 0 spiro atoms. The maximum Gasteiger partial charge on any atom is 0.307 e. The quantitative estimate of drug-likeness (QED) is 0.402. The number of ether oxygens (including phenoxy) is 1. The summed E-state index contributed by atoms with van der Waals surface area (Å²) in [6, 6.07) is 0. The molecule has 0 aliphatic heterocycles. The number of esters is 1. The SMILES string of the molecule is BCC(C)C(=O)OCC. The van der Waals surface area contributed by atoms with Crippen molar-refractivity contribution in [2.75, 3.05) is 6.61 Å². The number of hydrogen-bond donors (Lipinski definition) is 0. The van der Waals surface area contributed by atoms with Crippen LogP contribution in [0.2, 0.25) is 6.32 Å². The first-order valence-corrected chi connectivity index (χ1v) is 3.39. The minimum atomic E-state index is -0.0833. The summed E-state index contributed by atoms with van der Waals surface area (Å²) in [6.07, 6.45) is 0.860. The highest BCUT2D eigenvalue weighted by Gasteiger charge is 2.09. The minimum absolute atomic E-state index is 0.0601. The summed E-state index contributed by atoms with van der Waals surface area (Å²) < 4.78 is 4.76. The van der Waals surface area contributed by atoms with Gasteiger partial charge >= 0.3 is 5.97 Å². The van der Waals surface area contributed by atoms with E-state index in [4.69, 9.17) is 4.74 Å². The third-order valence-corrected chi connectivity index (χ3v) is 1.30. The van der Waals surface area contributed by atoms with Crippen LogP contribution in [0.15, 0.2) is 0 Å². The second-order valence-electron chi connectivity index (χ2n) is 2.06. The van der Waals surface area contributed by atoms with E-state index in [0.29, 0.717) is 6.61 Å². The molecule has 2 nitrogen and oxygen atoms in total. The van der Waals surface area contributed by atoms with Crippen molar-refractivity contribution < 1.29 is 9.53 Å². The molecule has 0 N–H and O–H groups in total. The van der Waals surface area contributed by atoms with Gasteiger partial charge in [-0.1, -0.05) is 13.2 Å². The number of carbonyl (C=O) groups excluding carboxylic acids is 1. The molecule has 1 atom stereocenters. The highest BCUT2D eigenvalue weighted by Crippen LogP contribution is 2.01. The number of carbonyl (C=O) groups is 1. The fourth-order valence-electron chi connectivity index (χ4n) is 0.451. The van der Waals surface area contributed by atoms with Crippen LogP contribution in [0.4, 0.5) is 0 Å². The molecular weight excluding hydrogens is 115 g/mol. The largest absolute Gasteiger partial charge is 0.466 e. The van der Waals surface area contributed by atoms with Crippen molar-refractivity contribution in [2.24, 2.45) is 5.92 Å². The Balaban J connectivity index is 3.46. The standard InChI is InChI=1S/C6H13BO2/c1-3-9-6(8)5(2)4-7/h5H,3-4,7H2,1-2H3. The van der Waals surface area contributed by atoms with Crippen LogP contribution in [0.25, 0.3) is 0 Å². The van der Waals surface area contributed by atoms with Gasteiger partial charge in [0.05, 0.1) is 6.61 Å². The fraction of sp³-hybridized carbons (Fsp3) is 0.833. The molecule has 0 radical (unpaired) electrons. The van der Waals surface area contributed by atoms with Gasteiger partial charge in [0, 0.05) is 5.92 Å². The average Bonchev–Trinajstić information content (AvgIpc) is 1.87. The van der Waals surface area contributed by atoms with E-state index in [9.17, 15) is 4.79 Å². The van der Waals surface area contributed by atoms with Crippen molar-refractivity contribution in [2.45, 2.75) is 20.2 Å². The van der Waals surface area contributed by atoms with Crippen molar-refractivity contribution in [3.05, 3.63) is 0 Å². The second-order valence-corrected chi connectivity index (χ2v) is 2.06. The molecule has 0 saturated heterocycles. The Bertz CT molecular complexity index is 93.1. The highest BCUT2D eigenvalue weighted by molar-refractivity contribution is 6.10. The Labute approximate surface area is 57.0 Å². The Morgan fingerprint density at radius 1 is 1.78 bits per heavy atom. The van der Waals surface area contributed by atoms with Crippen LogP contribution in [0.5, 0.6) is 0 Å². The van der Waals surface area contributed by atoms with Gasteiger partial charge in [0.15, 0.2) is 0 Å². The zero-order valence-corrected chi connectivity index (χ0v) is 6.31. The molecule has 52 valence electrons. The lowest BCUT2D eigenvalue weighted by atomic mass is 9.93. The average molecular weight is 128 g/mol. The van der Waals surface area contributed by atoms with Crippen molar-refractivity contribution in [1.82, 2.24) is 0 Å². The molecule has 0 bridgehead atoms. The first-order valence-electron chi connectivity index (χ1n) is 3.39. The van der Waals surface area contributed by atoms with Crippen molar-refractivity contribution in [3.63, 3.8) is 0 Å². The van der Waals surface area contributed by atoms with E-state index in [1.807, 2.05) is 21.7 Å². The van der Waals surface area contributed by atoms with Gasteiger partial charge in [-0.05, 0) is 6.92 Å². The van der Waals surface area contributed by atoms with Gasteiger partial charge in [0.1, 0.15) is 7.85 Å². The summed E-state index contributed by atoms with van der Waals surface area (Å²) >= 11 is 0. The van der Waals surface area contributed by atoms with Crippen LogP contribution >= 0.6 is 0 Å². The summed E-state index contributed by atoms with van der Waals surface area (Å²) in [4.78, 5) is 10.8. The normalized spacial score (nSPS) is 12.7. The van der Waals surface area contributed by atoms with Crippen molar-refractivity contribution in [1.29, 1.82) is 0 Å². The molecule has 0 aliphatic carbocycles. The lowest BCUT2D eigenvalue weighted by molar-refractivity contribution is -0.146. The van der Waals surface area contributed by atoms with Crippen LogP contribution in [-0.2, 0) is 9.53 Å². The molecule has 0 heterocycles. The molecule has 0 fully saturated rings. The molecule has 1 unspecified atom stereocenters. The molecule has 0 aromatic rings. The Hall–Kier alpha value is -0.465. The summed E-state index contributed by atoms with van der Waals surface area (Å²) in [5.74, 6) is -0.0232. The van der Waals surface area contributed by atoms with Crippen LogP contribution < -0.4 is 0 Å². The predicted molar refractivity (Wildman–Crippen MR) is 39.1 cm³/mol. The van der Waals surface area contributed by atoms with E-state index < -0.39 is 0 Å². The maximum atomic E-state index is 10.8. The third-order valence-electron chi connectivity index (χ3n) is 1.30. The van der Waals surface area contributed by atoms with E-state index in [1.54, 1.807) is 0 Å². The molecule has 0 rings (SSSR count). The van der Waals surface area contributed by atoms with E-state index in [2.05, 4.69) is 0 Å². The summed E-state index contributed by atoms with van der Waals surface area (Å²) in [5, 5.41) is 0. The lowest BCUT2D eigenvalue weighted by Crippen LogP contribution is -2.13. The van der Waals surface area contributed by atoms with E-state index in [-0.39, 0.29) is 11.9 Å². The first kappa shape index (κ1) is 8.53. The summed E-state index contributed by atoms with van der Waals surface area (Å²) in [7, 11) is 1.97. The van der Waals surface area contributed by atoms with Crippen LogP contribution in [-0.4, -0.2) is 20.4 Å². The van der Waals surface area contributed by atoms with Gasteiger partial charge in [-0.15, -0.1) is 0 Å². The Morgan fingerprint density at radius 2 is 2.33 bits per heavy atom. The molecule has 3 heteroatoms. The zero-order valence-electron chi connectivity index (χ0n) is 6.31. The van der Waals surface area contributed by atoms with Gasteiger partial charge in [0.25, 0.3) is 0 Å².